The molecule has 29 heavy (non-hydrogen) atoms. The first-order valence-electron chi connectivity index (χ1n) is 9.36. The number of hydrogen-bond acceptors (Lipinski definition) is 6. The highest BCUT2D eigenvalue weighted by molar-refractivity contribution is 8.00. The van der Waals surface area contributed by atoms with Crippen LogP contribution >= 0.6 is 23.1 Å². The second-order valence-corrected chi connectivity index (χ2v) is 9.37. The number of thiophene rings is 1. The van der Waals surface area contributed by atoms with Crippen molar-refractivity contribution < 1.29 is 9.59 Å². The minimum atomic E-state index is -0.108. The first-order valence-corrected chi connectivity index (χ1v) is 11.2. The molecular weight excluding hydrogens is 404 g/mol. The van der Waals surface area contributed by atoms with Gasteiger partial charge >= 0.3 is 0 Å². The lowest BCUT2D eigenvalue weighted by molar-refractivity contribution is -0.117. The van der Waals surface area contributed by atoms with Gasteiger partial charge in [0, 0.05) is 28.1 Å². The average Bonchev–Trinajstić information content (AvgIpc) is 2.95. The lowest BCUT2D eigenvalue weighted by atomic mass is 10.1. The van der Waals surface area contributed by atoms with E-state index in [1.165, 1.54) is 22.2 Å². The molecule has 0 atom stereocenters. The van der Waals surface area contributed by atoms with Crippen LogP contribution in [0.5, 0.6) is 0 Å². The fourth-order valence-corrected chi connectivity index (χ4v) is 4.73. The zero-order valence-corrected chi connectivity index (χ0v) is 18.5. The Hall–Kier alpha value is -2.45. The SMILES string of the molecule is Cc1sc2ncnc(SCC(=O)Nc3ccc(NC(=O)CC(C)C)cc3)c2c1C. The fourth-order valence-electron chi connectivity index (χ4n) is 2.81. The summed E-state index contributed by atoms with van der Waals surface area (Å²) in [4.78, 5) is 35.0. The number of hydrogen-bond donors (Lipinski definition) is 2. The number of nitrogens with one attached hydrogen (secondary N) is 2. The summed E-state index contributed by atoms with van der Waals surface area (Å²) < 4.78 is 0. The molecule has 0 aliphatic carbocycles. The number of amides is 2. The van der Waals surface area contributed by atoms with Crippen molar-refractivity contribution in [2.24, 2.45) is 5.92 Å². The van der Waals surface area contributed by atoms with Gasteiger partial charge < -0.3 is 10.6 Å². The molecule has 0 unspecified atom stereocenters. The summed E-state index contributed by atoms with van der Waals surface area (Å²) in [6.45, 7) is 8.13. The predicted octanol–water partition coefficient (Wildman–Crippen LogP) is 5.02. The third-order valence-electron chi connectivity index (χ3n) is 4.32. The van der Waals surface area contributed by atoms with Crippen LogP contribution in [0.1, 0.15) is 30.7 Å². The van der Waals surface area contributed by atoms with Crippen molar-refractivity contribution in [1.82, 2.24) is 9.97 Å². The quantitative estimate of drug-likeness (QED) is 0.408. The Morgan fingerprint density at radius 3 is 2.28 bits per heavy atom. The molecule has 8 heteroatoms. The number of carbonyl (C=O) groups excluding carboxylic acids is 2. The number of nitrogens with zero attached hydrogens (tertiary/aromatic N) is 2. The highest BCUT2D eigenvalue weighted by atomic mass is 32.2. The van der Waals surface area contributed by atoms with Crippen molar-refractivity contribution >= 4 is 56.5 Å². The second kappa shape index (κ2) is 9.37. The molecule has 0 aliphatic heterocycles. The number of rotatable bonds is 7. The standard InChI is InChI=1S/C21H24N4O2S2/c1-12(2)9-17(26)24-15-5-7-16(8-6-15)25-18(27)10-28-20-19-13(3)14(4)29-21(19)23-11-22-20/h5-8,11-12H,9-10H2,1-4H3,(H,24,26)(H,25,27). The van der Waals surface area contributed by atoms with Crippen molar-refractivity contribution in [1.29, 1.82) is 0 Å². The van der Waals surface area contributed by atoms with Gasteiger partial charge in [0.05, 0.1) is 5.75 Å². The molecule has 0 spiro atoms. The molecule has 0 bridgehead atoms. The van der Waals surface area contributed by atoms with Crippen LogP contribution in [0.25, 0.3) is 10.2 Å². The highest BCUT2D eigenvalue weighted by Crippen LogP contribution is 2.34. The summed E-state index contributed by atoms with van der Waals surface area (Å²) in [5.74, 6) is 0.447. The Bertz CT molecular complexity index is 1030. The molecule has 152 valence electrons. The lowest BCUT2D eigenvalue weighted by Gasteiger charge is -2.09. The minimum Gasteiger partial charge on any atom is -0.326 e. The largest absolute Gasteiger partial charge is 0.326 e. The molecule has 6 nitrogen and oxygen atoms in total. The van der Waals surface area contributed by atoms with Crippen molar-refractivity contribution in [2.75, 3.05) is 16.4 Å². The van der Waals surface area contributed by atoms with Crippen LogP contribution in [0.4, 0.5) is 11.4 Å². The molecule has 2 aromatic heterocycles. The molecular formula is C21H24N4O2S2. The summed E-state index contributed by atoms with van der Waals surface area (Å²) in [5.41, 5.74) is 2.58. The maximum absolute atomic E-state index is 12.4. The summed E-state index contributed by atoms with van der Waals surface area (Å²) in [6.07, 6.45) is 2.03. The lowest BCUT2D eigenvalue weighted by Crippen LogP contribution is -2.15. The Labute approximate surface area is 178 Å². The topological polar surface area (TPSA) is 84.0 Å². The van der Waals surface area contributed by atoms with Crippen LogP contribution in [0.15, 0.2) is 35.6 Å². The first-order chi connectivity index (χ1) is 13.8. The number of aromatic nitrogens is 2. The van der Waals surface area contributed by atoms with Gasteiger partial charge in [0.25, 0.3) is 0 Å². The summed E-state index contributed by atoms with van der Waals surface area (Å²) in [7, 11) is 0. The van der Waals surface area contributed by atoms with E-state index in [1.54, 1.807) is 41.9 Å². The van der Waals surface area contributed by atoms with Crippen LogP contribution < -0.4 is 10.6 Å². The van der Waals surface area contributed by atoms with Gasteiger partial charge in [-0.1, -0.05) is 25.6 Å². The minimum absolute atomic E-state index is 0.0108. The molecule has 2 heterocycles. The van der Waals surface area contributed by atoms with Crippen molar-refractivity contribution in [3.63, 3.8) is 0 Å². The smallest absolute Gasteiger partial charge is 0.234 e. The maximum Gasteiger partial charge on any atom is 0.234 e. The fraction of sp³-hybridized carbons (Fsp3) is 0.333. The number of benzene rings is 1. The second-order valence-electron chi connectivity index (χ2n) is 7.20. The molecule has 2 N–H and O–H groups in total. The van der Waals surface area contributed by atoms with Gasteiger partial charge in [0.1, 0.15) is 16.2 Å². The third-order valence-corrected chi connectivity index (χ3v) is 6.42. The van der Waals surface area contributed by atoms with Gasteiger partial charge in [0.2, 0.25) is 11.8 Å². The molecule has 0 aliphatic rings. The maximum atomic E-state index is 12.4. The van der Waals surface area contributed by atoms with Crippen molar-refractivity contribution in [3.8, 4) is 0 Å². The van der Waals surface area contributed by atoms with Gasteiger partial charge in [-0.25, -0.2) is 9.97 Å². The molecule has 0 fully saturated rings. The molecule has 2 amide bonds. The Kier molecular flexibility index (Phi) is 6.87. The Balaban J connectivity index is 1.57. The normalized spacial score (nSPS) is 11.1. The van der Waals surface area contributed by atoms with E-state index in [0.717, 1.165) is 20.9 Å². The van der Waals surface area contributed by atoms with Crippen LogP contribution in [-0.4, -0.2) is 27.5 Å². The number of thioether (sulfide) groups is 1. The van der Waals surface area contributed by atoms with Crippen LogP contribution in [0, 0.1) is 19.8 Å². The van der Waals surface area contributed by atoms with E-state index in [4.69, 9.17) is 0 Å². The molecule has 3 rings (SSSR count). The van der Waals surface area contributed by atoms with E-state index < -0.39 is 0 Å². The monoisotopic (exact) mass is 428 g/mol. The first kappa shape index (κ1) is 21.3. The summed E-state index contributed by atoms with van der Waals surface area (Å²) in [6, 6.07) is 7.13. The summed E-state index contributed by atoms with van der Waals surface area (Å²) >= 11 is 3.05. The molecule has 0 radical (unpaired) electrons. The average molecular weight is 429 g/mol. The molecule has 0 saturated heterocycles. The molecule has 1 aromatic carbocycles. The van der Waals surface area contributed by atoms with Crippen LogP contribution in [0.2, 0.25) is 0 Å². The van der Waals surface area contributed by atoms with Gasteiger partial charge in [-0.3, -0.25) is 9.59 Å². The van der Waals surface area contributed by atoms with Gasteiger partial charge in [-0.05, 0) is 49.6 Å². The van der Waals surface area contributed by atoms with Crippen LogP contribution in [0.3, 0.4) is 0 Å². The Morgan fingerprint density at radius 1 is 1.03 bits per heavy atom. The van der Waals surface area contributed by atoms with E-state index >= 15 is 0 Å². The summed E-state index contributed by atoms with van der Waals surface area (Å²) in [5, 5.41) is 7.60. The highest BCUT2D eigenvalue weighted by Gasteiger charge is 2.14. The van der Waals surface area contributed by atoms with Crippen molar-refractivity contribution in [3.05, 3.63) is 41.0 Å². The van der Waals surface area contributed by atoms with E-state index in [2.05, 4.69) is 34.4 Å². The zero-order valence-electron chi connectivity index (χ0n) is 16.9. The van der Waals surface area contributed by atoms with Crippen molar-refractivity contribution in [2.45, 2.75) is 39.1 Å². The van der Waals surface area contributed by atoms with E-state index in [-0.39, 0.29) is 17.6 Å². The van der Waals surface area contributed by atoms with E-state index in [1.807, 2.05) is 13.8 Å². The Morgan fingerprint density at radius 2 is 1.66 bits per heavy atom. The van der Waals surface area contributed by atoms with E-state index in [0.29, 0.717) is 18.0 Å². The number of fused-ring (bicyclic) bond motifs is 1. The van der Waals surface area contributed by atoms with Gasteiger partial charge in [-0.15, -0.1) is 11.3 Å². The number of anilines is 2. The zero-order chi connectivity index (χ0) is 21.0. The number of carbonyl (C=O) groups is 2. The van der Waals surface area contributed by atoms with Gasteiger partial charge in [-0.2, -0.15) is 0 Å². The van der Waals surface area contributed by atoms with E-state index in [9.17, 15) is 9.59 Å². The third kappa shape index (κ3) is 5.55. The van der Waals surface area contributed by atoms with Gasteiger partial charge in [0.15, 0.2) is 0 Å². The number of aryl methyl sites for hydroxylation is 2. The molecule has 3 aromatic rings. The van der Waals surface area contributed by atoms with Crippen LogP contribution in [-0.2, 0) is 9.59 Å². The predicted molar refractivity (Wildman–Crippen MR) is 121 cm³/mol. The molecule has 0 saturated carbocycles.